The van der Waals surface area contributed by atoms with Gasteiger partial charge in [-0.05, 0) is 24.6 Å². The minimum Gasteiger partial charge on any atom is -0.368 e. The first kappa shape index (κ1) is 12.7. The van der Waals surface area contributed by atoms with E-state index >= 15 is 0 Å². The Labute approximate surface area is 120 Å². The van der Waals surface area contributed by atoms with E-state index in [-0.39, 0.29) is 12.0 Å². The Bertz CT molecular complexity index is 736. The second-order valence-corrected chi connectivity index (χ2v) is 4.89. The molecule has 3 aromatic rings. The molecular weight excluding hydrogens is 276 g/mol. The van der Waals surface area contributed by atoms with Crippen LogP contribution in [0.25, 0.3) is 11.2 Å². The highest BCUT2D eigenvalue weighted by Gasteiger charge is 2.12. The number of nitrogens with two attached hydrogens (primary N) is 1. The lowest BCUT2D eigenvalue weighted by Gasteiger charge is -2.15. The lowest BCUT2D eigenvalue weighted by Crippen LogP contribution is -2.10. The number of rotatable bonds is 3. The quantitative estimate of drug-likeness (QED) is 0.689. The average molecular weight is 289 g/mol. The van der Waals surface area contributed by atoms with Crippen LogP contribution in [-0.2, 0) is 0 Å². The summed E-state index contributed by atoms with van der Waals surface area (Å²) in [5.41, 5.74) is 8.06. The second-order valence-electron chi connectivity index (χ2n) is 4.45. The molecule has 1 atom stereocenters. The molecule has 20 heavy (non-hydrogen) atoms. The summed E-state index contributed by atoms with van der Waals surface area (Å²) in [5.74, 6) is 0.822. The summed E-state index contributed by atoms with van der Waals surface area (Å²) >= 11 is 5.89. The van der Waals surface area contributed by atoms with Gasteiger partial charge >= 0.3 is 0 Å². The predicted octanol–water partition coefficient (Wildman–Crippen LogP) is 2.76. The van der Waals surface area contributed by atoms with Crippen LogP contribution in [0.3, 0.4) is 0 Å². The molecule has 0 amide bonds. The summed E-state index contributed by atoms with van der Waals surface area (Å²) in [4.78, 5) is 15.4. The monoisotopic (exact) mass is 288 g/mol. The molecule has 0 aliphatic carbocycles. The standard InChI is InChI=1S/C13H13ClN6/c1-7(8-2-4-9(14)5-3-8)18-12-10-11(17-6-16-10)19-13(15)20-12/h2-7H,1H3,(H4,15,16,17,18,19,20). The fraction of sp³-hybridized carbons (Fsp3) is 0.154. The average Bonchev–Trinajstić information content (AvgIpc) is 2.87. The number of nitrogens with one attached hydrogen (secondary N) is 2. The molecule has 0 radical (unpaired) electrons. The minimum atomic E-state index is 0.0491. The molecule has 102 valence electrons. The van der Waals surface area contributed by atoms with Gasteiger partial charge < -0.3 is 16.0 Å². The Morgan fingerprint density at radius 2 is 2.00 bits per heavy atom. The number of hydrogen-bond acceptors (Lipinski definition) is 5. The highest BCUT2D eigenvalue weighted by atomic mass is 35.5. The molecule has 6 nitrogen and oxygen atoms in total. The van der Waals surface area contributed by atoms with Crippen molar-refractivity contribution in [1.82, 2.24) is 19.9 Å². The summed E-state index contributed by atoms with van der Waals surface area (Å²) in [5, 5.41) is 4.01. The maximum Gasteiger partial charge on any atom is 0.224 e. The van der Waals surface area contributed by atoms with E-state index in [4.69, 9.17) is 17.3 Å². The number of aromatic nitrogens is 4. The molecule has 2 heterocycles. The molecule has 4 N–H and O–H groups in total. The van der Waals surface area contributed by atoms with E-state index in [0.717, 1.165) is 11.1 Å². The molecule has 0 aliphatic heterocycles. The van der Waals surface area contributed by atoms with Crippen LogP contribution in [0.15, 0.2) is 30.6 Å². The summed E-state index contributed by atoms with van der Waals surface area (Å²) in [7, 11) is 0. The lowest BCUT2D eigenvalue weighted by molar-refractivity contribution is 0.876. The summed E-state index contributed by atoms with van der Waals surface area (Å²) in [6.45, 7) is 2.03. The Morgan fingerprint density at radius 1 is 1.25 bits per heavy atom. The van der Waals surface area contributed by atoms with E-state index in [9.17, 15) is 0 Å². The summed E-state index contributed by atoms with van der Waals surface area (Å²) < 4.78 is 0. The highest BCUT2D eigenvalue weighted by molar-refractivity contribution is 6.30. The number of hydrogen-bond donors (Lipinski definition) is 3. The van der Waals surface area contributed by atoms with Gasteiger partial charge in [0.05, 0.1) is 12.4 Å². The first-order chi connectivity index (χ1) is 9.63. The van der Waals surface area contributed by atoms with Gasteiger partial charge in [0.25, 0.3) is 0 Å². The van der Waals surface area contributed by atoms with Crippen molar-refractivity contribution in [3.63, 3.8) is 0 Å². The number of fused-ring (bicyclic) bond motifs is 1. The van der Waals surface area contributed by atoms with Crippen LogP contribution in [0.2, 0.25) is 5.02 Å². The van der Waals surface area contributed by atoms with Crippen LogP contribution in [0.5, 0.6) is 0 Å². The van der Waals surface area contributed by atoms with Crippen LogP contribution in [0.4, 0.5) is 11.8 Å². The van der Waals surface area contributed by atoms with Crippen molar-refractivity contribution in [2.24, 2.45) is 0 Å². The number of nitrogen functional groups attached to an aromatic ring is 1. The Balaban J connectivity index is 1.92. The molecule has 1 unspecified atom stereocenters. The zero-order valence-electron chi connectivity index (χ0n) is 10.8. The maximum absolute atomic E-state index is 5.89. The molecular formula is C13H13ClN6. The van der Waals surface area contributed by atoms with Gasteiger partial charge in [-0.3, -0.25) is 0 Å². The van der Waals surface area contributed by atoms with Gasteiger partial charge in [0.2, 0.25) is 5.95 Å². The van der Waals surface area contributed by atoms with Crippen molar-refractivity contribution >= 4 is 34.5 Å². The third-order valence-electron chi connectivity index (χ3n) is 3.03. The molecule has 3 rings (SSSR count). The summed E-state index contributed by atoms with van der Waals surface area (Å²) in [6, 6.07) is 7.70. The number of imidazole rings is 1. The van der Waals surface area contributed by atoms with Crippen LogP contribution >= 0.6 is 11.6 Å². The number of anilines is 2. The highest BCUT2D eigenvalue weighted by Crippen LogP contribution is 2.24. The van der Waals surface area contributed by atoms with Crippen molar-refractivity contribution in [3.8, 4) is 0 Å². The SMILES string of the molecule is CC(Nc1nc(N)nc2nc[nH]c12)c1ccc(Cl)cc1. The fourth-order valence-electron chi connectivity index (χ4n) is 1.99. The van der Waals surface area contributed by atoms with Gasteiger partial charge in [0.1, 0.15) is 5.52 Å². The van der Waals surface area contributed by atoms with Crippen molar-refractivity contribution < 1.29 is 0 Å². The molecule has 0 saturated heterocycles. The number of aromatic amines is 1. The second kappa shape index (κ2) is 4.97. The van der Waals surface area contributed by atoms with Crippen LogP contribution in [0.1, 0.15) is 18.5 Å². The third kappa shape index (κ3) is 2.37. The molecule has 0 spiro atoms. The van der Waals surface area contributed by atoms with Crippen molar-refractivity contribution in [1.29, 1.82) is 0 Å². The van der Waals surface area contributed by atoms with Gasteiger partial charge in [-0.25, -0.2) is 4.98 Å². The van der Waals surface area contributed by atoms with E-state index in [0.29, 0.717) is 16.5 Å². The van der Waals surface area contributed by atoms with Gasteiger partial charge in [-0.1, -0.05) is 23.7 Å². The zero-order valence-corrected chi connectivity index (χ0v) is 11.5. The number of benzene rings is 1. The van der Waals surface area contributed by atoms with Gasteiger partial charge in [0.15, 0.2) is 11.5 Å². The molecule has 0 bridgehead atoms. The fourth-order valence-corrected chi connectivity index (χ4v) is 2.12. The zero-order chi connectivity index (χ0) is 14.1. The third-order valence-corrected chi connectivity index (χ3v) is 3.28. The first-order valence-electron chi connectivity index (χ1n) is 6.12. The molecule has 7 heteroatoms. The van der Waals surface area contributed by atoms with E-state index in [1.807, 2.05) is 31.2 Å². The molecule has 2 aromatic heterocycles. The first-order valence-corrected chi connectivity index (χ1v) is 6.50. The number of H-pyrrole nitrogens is 1. The predicted molar refractivity (Wildman–Crippen MR) is 79.6 cm³/mol. The van der Waals surface area contributed by atoms with Crippen molar-refractivity contribution in [2.45, 2.75) is 13.0 Å². The number of nitrogens with zero attached hydrogens (tertiary/aromatic N) is 3. The van der Waals surface area contributed by atoms with E-state index < -0.39 is 0 Å². The topological polar surface area (TPSA) is 92.5 Å². The van der Waals surface area contributed by atoms with Crippen LogP contribution < -0.4 is 11.1 Å². The van der Waals surface area contributed by atoms with Gasteiger partial charge in [-0.15, -0.1) is 0 Å². The Hall–Kier alpha value is -2.34. The molecule has 1 aromatic carbocycles. The molecule has 0 fully saturated rings. The Morgan fingerprint density at radius 3 is 2.75 bits per heavy atom. The largest absolute Gasteiger partial charge is 0.368 e. The van der Waals surface area contributed by atoms with Crippen molar-refractivity contribution in [2.75, 3.05) is 11.1 Å². The number of halogens is 1. The molecule has 0 saturated carbocycles. The normalized spacial score (nSPS) is 12.5. The van der Waals surface area contributed by atoms with Crippen molar-refractivity contribution in [3.05, 3.63) is 41.2 Å². The van der Waals surface area contributed by atoms with E-state index in [1.165, 1.54) is 0 Å². The minimum absolute atomic E-state index is 0.0491. The smallest absolute Gasteiger partial charge is 0.224 e. The van der Waals surface area contributed by atoms with E-state index in [2.05, 4.69) is 25.3 Å². The van der Waals surface area contributed by atoms with E-state index in [1.54, 1.807) is 6.33 Å². The van der Waals surface area contributed by atoms with Crippen LogP contribution in [0, 0.1) is 0 Å². The van der Waals surface area contributed by atoms with Gasteiger partial charge in [0, 0.05) is 5.02 Å². The maximum atomic E-state index is 5.89. The van der Waals surface area contributed by atoms with Crippen LogP contribution in [-0.4, -0.2) is 19.9 Å². The summed E-state index contributed by atoms with van der Waals surface area (Å²) in [6.07, 6.45) is 1.57. The van der Waals surface area contributed by atoms with Gasteiger partial charge in [-0.2, -0.15) is 9.97 Å². The Kier molecular flexibility index (Phi) is 3.15. The molecule has 0 aliphatic rings. The lowest BCUT2D eigenvalue weighted by atomic mass is 10.1.